The molecule has 2 nitrogen and oxygen atoms in total. The van der Waals surface area contributed by atoms with E-state index in [0.29, 0.717) is 0 Å². The third kappa shape index (κ3) is 5.28. The molecule has 0 spiro atoms. The van der Waals surface area contributed by atoms with E-state index < -0.39 is 11.2 Å². The van der Waals surface area contributed by atoms with Gasteiger partial charge in [-0.3, -0.25) is 0 Å². The molecule has 0 unspecified atom stereocenters. The largest absolute Gasteiger partial charge is 0.214 e. The first kappa shape index (κ1) is 31.2. The van der Waals surface area contributed by atoms with Gasteiger partial charge in [0.25, 0.3) is 0 Å². The minimum atomic E-state index is -1.10. The van der Waals surface area contributed by atoms with Crippen molar-refractivity contribution in [1.29, 1.82) is 0 Å². The SMILES string of the molecule is Cc1ccccc1C(OOC(c1ccccc1C)(c1ccccc1C)c1ccccc1C)(c1ccccc1C)c1ccccc1C. The van der Waals surface area contributed by atoms with E-state index in [0.717, 1.165) is 66.8 Å². The van der Waals surface area contributed by atoms with Gasteiger partial charge in [-0.2, -0.15) is 0 Å². The van der Waals surface area contributed by atoms with Crippen LogP contribution in [0, 0.1) is 41.5 Å². The van der Waals surface area contributed by atoms with Gasteiger partial charge in [-0.05, 0) is 108 Å². The van der Waals surface area contributed by atoms with Gasteiger partial charge in [-0.25, -0.2) is 9.78 Å². The van der Waals surface area contributed by atoms with Crippen LogP contribution in [0.5, 0.6) is 0 Å². The molecule has 0 bridgehead atoms. The van der Waals surface area contributed by atoms with Crippen molar-refractivity contribution in [2.45, 2.75) is 52.7 Å². The Morgan fingerprint density at radius 2 is 0.413 bits per heavy atom. The van der Waals surface area contributed by atoms with Crippen LogP contribution in [-0.4, -0.2) is 0 Å². The van der Waals surface area contributed by atoms with Crippen LogP contribution in [0.15, 0.2) is 146 Å². The Kier molecular flexibility index (Phi) is 8.77. The van der Waals surface area contributed by atoms with Crippen molar-refractivity contribution < 1.29 is 9.78 Å². The fraction of sp³-hybridized carbons (Fsp3) is 0.182. The summed E-state index contributed by atoms with van der Waals surface area (Å²) in [6.07, 6.45) is 0. The van der Waals surface area contributed by atoms with Gasteiger partial charge in [0, 0.05) is 0 Å². The molecule has 0 radical (unpaired) electrons. The summed E-state index contributed by atoms with van der Waals surface area (Å²) >= 11 is 0. The lowest BCUT2D eigenvalue weighted by Gasteiger charge is -2.43. The van der Waals surface area contributed by atoms with Crippen molar-refractivity contribution in [2.24, 2.45) is 0 Å². The summed E-state index contributed by atoms with van der Waals surface area (Å²) in [7, 11) is 0. The highest BCUT2D eigenvalue weighted by Crippen LogP contribution is 2.50. The van der Waals surface area contributed by atoms with Crippen LogP contribution < -0.4 is 0 Å². The smallest absolute Gasteiger partial charge is 0.179 e. The lowest BCUT2D eigenvalue weighted by Crippen LogP contribution is -2.42. The topological polar surface area (TPSA) is 18.5 Å². The Morgan fingerprint density at radius 3 is 0.565 bits per heavy atom. The van der Waals surface area contributed by atoms with Crippen LogP contribution >= 0.6 is 0 Å². The molecule has 6 rings (SSSR count). The van der Waals surface area contributed by atoms with E-state index in [4.69, 9.17) is 9.78 Å². The van der Waals surface area contributed by atoms with E-state index >= 15 is 0 Å². The highest BCUT2D eigenvalue weighted by atomic mass is 17.2. The standard InChI is InChI=1S/C44H42O2/c1-31-19-7-13-25-37(31)43(38-26-14-8-20-32(38)2,39-27-15-9-21-33(39)3)45-46-44(40-28-16-10-22-34(40)4,41-29-17-11-23-35(41)5)42-30-18-12-24-36(42)6/h7-30H,1-6H3. The number of hydrogen-bond acceptors (Lipinski definition) is 2. The van der Waals surface area contributed by atoms with Crippen molar-refractivity contribution in [2.75, 3.05) is 0 Å². The first-order chi connectivity index (χ1) is 22.3. The molecule has 0 aromatic heterocycles. The first-order valence-electron chi connectivity index (χ1n) is 16.0. The van der Waals surface area contributed by atoms with Crippen molar-refractivity contribution in [3.63, 3.8) is 0 Å². The Balaban J connectivity index is 1.74. The predicted octanol–water partition coefficient (Wildman–Crippen LogP) is 10.8. The van der Waals surface area contributed by atoms with Gasteiger partial charge in [0.15, 0.2) is 11.2 Å². The van der Waals surface area contributed by atoms with Crippen molar-refractivity contribution in [3.8, 4) is 0 Å². The fourth-order valence-electron chi connectivity index (χ4n) is 7.07. The zero-order chi connectivity index (χ0) is 32.3. The second-order valence-electron chi connectivity index (χ2n) is 12.4. The van der Waals surface area contributed by atoms with Crippen LogP contribution in [-0.2, 0) is 21.0 Å². The molecular formula is C44H42O2. The number of rotatable bonds is 9. The summed E-state index contributed by atoms with van der Waals surface area (Å²) < 4.78 is 0. The van der Waals surface area contributed by atoms with E-state index in [-0.39, 0.29) is 0 Å². The Hall–Kier alpha value is -4.76. The van der Waals surface area contributed by atoms with Gasteiger partial charge >= 0.3 is 0 Å². The minimum Gasteiger partial charge on any atom is -0.214 e. The first-order valence-corrected chi connectivity index (χ1v) is 16.0. The van der Waals surface area contributed by atoms with Crippen molar-refractivity contribution in [3.05, 3.63) is 212 Å². The predicted molar refractivity (Wildman–Crippen MR) is 189 cm³/mol. The lowest BCUT2D eigenvalue weighted by molar-refractivity contribution is -0.388. The van der Waals surface area contributed by atoms with Crippen LogP contribution in [0.3, 0.4) is 0 Å². The van der Waals surface area contributed by atoms with Gasteiger partial charge in [0.1, 0.15) is 0 Å². The molecular weight excluding hydrogens is 560 g/mol. The summed E-state index contributed by atoms with van der Waals surface area (Å²) in [6.45, 7) is 12.9. The van der Waals surface area contributed by atoms with E-state index in [9.17, 15) is 0 Å². The molecule has 0 saturated carbocycles. The monoisotopic (exact) mass is 602 g/mol. The number of benzene rings is 6. The molecule has 0 amide bonds. The number of hydrogen-bond donors (Lipinski definition) is 0. The Bertz CT molecular complexity index is 1620. The lowest BCUT2D eigenvalue weighted by atomic mass is 9.75. The maximum absolute atomic E-state index is 7.42. The maximum atomic E-state index is 7.42. The van der Waals surface area contributed by atoms with E-state index in [1.54, 1.807) is 0 Å². The van der Waals surface area contributed by atoms with Gasteiger partial charge in [0.05, 0.1) is 0 Å². The van der Waals surface area contributed by atoms with Crippen LogP contribution in [0.25, 0.3) is 0 Å². The average molecular weight is 603 g/mol. The molecule has 0 aliphatic heterocycles. The van der Waals surface area contributed by atoms with Crippen molar-refractivity contribution >= 4 is 0 Å². The Labute approximate surface area is 274 Å². The van der Waals surface area contributed by atoms with Gasteiger partial charge in [0.2, 0.25) is 0 Å². The van der Waals surface area contributed by atoms with Crippen LogP contribution in [0.1, 0.15) is 66.8 Å². The van der Waals surface area contributed by atoms with Gasteiger partial charge in [-0.15, -0.1) is 0 Å². The van der Waals surface area contributed by atoms with Crippen molar-refractivity contribution in [1.82, 2.24) is 0 Å². The highest BCUT2D eigenvalue weighted by Gasteiger charge is 2.48. The van der Waals surface area contributed by atoms with E-state index in [1.165, 1.54) is 0 Å². The third-order valence-electron chi connectivity index (χ3n) is 9.44. The van der Waals surface area contributed by atoms with Gasteiger partial charge < -0.3 is 0 Å². The molecule has 46 heavy (non-hydrogen) atoms. The van der Waals surface area contributed by atoms with Gasteiger partial charge in [-0.1, -0.05) is 146 Å². The zero-order valence-corrected chi connectivity index (χ0v) is 27.7. The highest BCUT2D eigenvalue weighted by molar-refractivity contribution is 5.56. The second-order valence-corrected chi connectivity index (χ2v) is 12.4. The molecule has 230 valence electrons. The summed E-state index contributed by atoms with van der Waals surface area (Å²) in [4.78, 5) is 14.8. The molecule has 6 aromatic carbocycles. The summed E-state index contributed by atoms with van der Waals surface area (Å²) in [5.74, 6) is 0. The van der Waals surface area contributed by atoms with Crippen LogP contribution in [0.4, 0.5) is 0 Å². The molecule has 0 saturated heterocycles. The molecule has 0 heterocycles. The third-order valence-corrected chi connectivity index (χ3v) is 9.44. The maximum Gasteiger partial charge on any atom is 0.179 e. The normalized spacial score (nSPS) is 11.9. The molecule has 0 aliphatic carbocycles. The molecule has 2 heteroatoms. The molecule has 0 aliphatic rings. The molecule has 0 fully saturated rings. The number of aryl methyl sites for hydroxylation is 6. The van der Waals surface area contributed by atoms with E-state index in [1.807, 2.05) is 0 Å². The van der Waals surface area contributed by atoms with Crippen LogP contribution in [0.2, 0.25) is 0 Å². The fourth-order valence-corrected chi connectivity index (χ4v) is 7.07. The minimum absolute atomic E-state index is 1.03. The van der Waals surface area contributed by atoms with E-state index in [2.05, 4.69) is 187 Å². The average Bonchev–Trinajstić information content (AvgIpc) is 3.06. The summed E-state index contributed by atoms with van der Waals surface area (Å²) in [5.41, 5.74) is 10.7. The summed E-state index contributed by atoms with van der Waals surface area (Å²) in [6, 6.07) is 51.0. The summed E-state index contributed by atoms with van der Waals surface area (Å²) in [5, 5.41) is 0. The molecule has 6 aromatic rings. The molecule has 0 N–H and O–H groups in total. The Morgan fingerprint density at radius 1 is 0.261 bits per heavy atom. The molecule has 0 atom stereocenters. The second kappa shape index (κ2) is 12.9. The quantitative estimate of drug-likeness (QED) is 0.0931. The zero-order valence-electron chi connectivity index (χ0n) is 27.7.